The van der Waals surface area contributed by atoms with Gasteiger partial charge in [0.25, 0.3) is 0 Å². The van der Waals surface area contributed by atoms with Crippen molar-refractivity contribution in [2.45, 2.75) is 32.8 Å². The lowest BCUT2D eigenvalue weighted by atomic mass is 9.88. The SMILES string of the molecule is CCOc1ccc(C(C#N)C(O)C(C)C)cc1. The Hall–Kier alpha value is -1.53. The molecule has 2 atom stereocenters. The summed E-state index contributed by atoms with van der Waals surface area (Å²) >= 11 is 0. The van der Waals surface area contributed by atoms with E-state index in [0.717, 1.165) is 11.3 Å². The summed E-state index contributed by atoms with van der Waals surface area (Å²) in [6.45, 7) is 6.36. The van der Waals surface area contributed by atoms with Gasteiger partial charge < -0.3 is 9.84 Å². The zero-order valence-corrected chi connectivity index (χ0v) is 10.6. The van der Waals surface area contributed by atoms with Crippen molar-refractivity contribution in [1.29, 1.82) is 5.26 Å². The van der Waals surface area contributed by atoms with Gasteiger partial charge in [-0.1, -0.05) is 26.0 Å². The molecule has 0 aliphatic heterocycles. The Balaban J connectivity index is 2.87. The summed E-state index contributed by atoms with van der Waals surface area (Å²) in [5.41, 5.74) is 0.831. The first-order chi connectivity index (χ1) is 8.10. The van der Waals surface area contributed by atoms with Gasteiger partial charge in [-0.15, -0.1) is 0 Å². The molecule has 0 saturated carbocycles. The van der Waals surface area contributed by atoms with E-state index in [1.54, 1.807) is 0 Å². The standard InChI is InChI=1S/C14H19NO2/c1-4-17-12-7-5-11(6-8-12)13(9-15)14(16)10(2)3/h5-8,10,13-14,16H,4H2,1-3H3. The highest BCUT2D eigenvalue weighted by atomic mass is 16.5. The van der Waals surface area contributed by atoms with Gasteiger partial charge in [0.05, 0.1) is 24.7 Å². The van der Waals surface area contributed by atoms with Gasteiger partial charge >= 0.3 is 0 Å². The minimum Gasteiger partial charge on any atom is -0.494 e. The summed E-state index contributed by atoms with van der Waals surface area (Å²) in [5.74, 6) is 0.365. The Morgan fingerprint density at radius 1 is 1.29 bits per heavy atom. The van der Waals surface area contributed by atoms with E-state index in [2.05, 4.69) is 6.07 Å². The van der Waals surface area contributed by atoms with Crippen molar-refractivity contribution in [3.63, 3.8) is 0 Å². The molecule has 1 N–H and O–H groups in total. The summed E-state index contributed by atoms with van der Waals surface area (Å²) in [4.78, 5) is 0. The fourth-order valence-corrected chi connectivity index (χ4v) is 1.67. The zero-order valence-electron chi connectivity index (χ0n) is 10.6. The Bertz CT molecular complexity index is 378. The maximum absolute atomic E-state index is 9.96. The number of hydrogen-bond acceptors (Lipinski definition) is 3. The van der Waals surface area contributed by atoms with Crippen LogP contribution in [0.2, 0.25) is 0 Å². The second-order valence-electron chi connectivity index (χ2n) is 4.34. The average molecular weight is 233 g/mol. The first kappa shape index (κ1) is 13.5. The fraction of sp³-hybridized carbons (Fsp3) is 0.500. The molecule has 0 bridgehead atoms. The van der Waals surface area contributed by atoms with Crippen molar-refractivity contribution >= 4 is 0 Å². The van der Waals surface area contributed by atoms with Crippen LogP contribution in [-0.4, -0.2) is 17.8 Å². The molecule has 1 rings (SSSR count). The Morgan fingerprint density at radius 2 is 1.88 bits per heavy atom. The van der Waals surface area contributed by atoms with E-state index >= 15 is 0 Å². The van der Waals surface area contributed by atoms with Gasteiger partial charge in [-0.05, 0) is 30.5 Å². The van der Waals surface area contributed by atoms with Crippen LogP contribution in [0.4, 0.5) is 0 Å². The number of nitriles is 1. The molecule has 17 heavy (non-hydrogen) atoms. The zero-order chi connectivity index (χ0) is 12.8. The summed E-state index contributed by atoms with van der Waals surface area (Å²) in [7, 11) is 0. The van der Waals surface area contributed by atoms with Crippen LogP contribution in [0.25, 0.3) is 0 Å². The molecule has 0 aromatic heterocycles. The van der Waals surface area contributed by atoms with Crippen molar-refractivity contribution in [3.8, 4) is 11.8 Å². The number of aliphatic hydroxyl groups is 1. The van der Waals surface area contributed by atoms with Crippen molar-refractivity contribution in [3.05, 3.63) is 29.8 Å². The molecule has 1 aromatic carbocycles. The molecule has 0 fully saturated rings. The number of hydrogen-bond donors (Lipinski definition) is 1. The molecular formula is C14H19NO2. The van der Waals surface area contributed by atoms with Crippen LogP contribution in [-0.2, 0) is 0 Å². The topological polar surface area (TPSA) is 53.2 Å². The molecule has 0 spiro atoms. The lowest BCUT2D eigenvalue weighted by Gasteiger charge is -2.20. The van der Waals surface area contributed by atoms with E-state index in [4.69, 9.17) is 10.00 Å². The highest BCUT2D eigenvalue weighted by molar-refractivity contribution is 5.33. The highest BCUT2D eigenvalue weighted by Gasteiger charge is 2.23. The maximum atomic E-state index is 9.96. The smallest absolute Gasteiger partial charge is 0.119 e. The van der Waals surface area contributed by atoms with Gasteiger partial charge in [0, 0.05) is 0 Å². The van der Waals surface area contributed by atoms with Crippen LogP contribution >= 0.6 is 0 Å². The molecule has 2 unspecified atom stereocenters. The molecule has 0 radical (unpaired) electrons. The maximum Gasteiger partial charge on any atom is 0.119 e. The molecule has 3 heteroatoms. The van der Waals surface area contributed by atoms with Gasteiger partial charge in [0.15, 0.2) is 0 Å². The van der Waals surface area contributed by atoms with Crippen molar-refractivity contribution in [1.82, 2.24) is 0 Å². The lowest BCUT2D eigenvalue weighted by molar-refractivity contribution is 0.113. The molecule has 0 aliphatic carbocycles. The largest absolute Gasteiger partial charge is 0.494 e. The first-order valence-corrected chi connectivity index (χ1v) is 5.90. The van der Waals surface area contributed by atoms with Crippen LogP contribution < -0.4 is 4.74 Å². The minimum atomic E-state index is -0.641. The fourth-order valence-electron chi connectivity index (χ4n) is 1.67. The Kier molecular flexibility index (Phi) is 4.99. The van der Waals surface area contributed by atoms with E-state index in [1.807, 2.05) is 45.0 Å². The third kappa shape index (κ3) is 3.47. The molecule has 1 aromatic rings. The van der Waals surface area contributed by atoms with E-state index in [-0.39, 0.29) is 5.92 Å². The summed E-state index contributed by atoms with van der Waals surface area (Å²) in [6, 6.07) is 9.49. The molecule has 92 valence electrons. The molecule has 0 heterocycles. The normalized spacial score (nSPS) is 14.1. The van der Waals surface area contributed by atoms with Gasteiger partial charge in [0.1, 0.15) is 5.75 Å². The molecule has 0 aliphatic rings. The predicted octanol–water partition coefficient (Wildman–Crippen LogP) is 2.71. The number of nitrogens with zero attached hydrogens (tertiary/aromatic N) is 1. The van der Waals surface area contributed by atoms with Crippen molar-refractivity contribution < 1.29 is 9.84 Å². The van der Waals surface area contributed by atoms with Crippen LogP contribution in [0, 0.1) is 17.2 Å². The van der Waals surface area contributed by atoms with E-state index in [9.17, 15) is 5.11 Å². The lowest BCUT2D eigenvalue weighted by Crippen LogP contribution is -2.23. The number of aliphatic hydroxyl groups excluding tert-OH is 1. The number of rotatable bonds is 5. The number of benzene rings is 1. The van der Waals surface area contributed by atoms with Crippen LogP contribution in [0.3, 0.4) is 0 Å². The van der Waals surface area contributed by atoms with Gasteiger partial charge in [-0.25, -0.2) is 0 Å². The third-order valence-electron chi connectivity index (χ3n) is 2.71. The number of ether oxygens (including phenoxy) is 1. The summed E-state index contributed by atoms with van der Waals surface area (Å²) in [5, 5.41) is 19.1. The van der Waals surface area contributed by atoms with Crippen molar-refractivity contribution in [2.75, 3.05) is 6.61 Å². The minimum absolute atomic E-state index is 0.0613. The van der Waals surface area contributed by atoms with Gasteiger partial charge in [-0.2, -0.15) is 5.26 Å². The quantitative estimate of drug-likeness (QED) is 0.850. The van der Waals surface area contributed by atoms with Gasteiger partial charge in [-0.3, -0.25) is 0 Å². The third-order valence-corrected chi connectivity index (χ3v) is 2.71. The van der Waals surface area contributed by atoms with E-state index in [1.165, 1.54) is 0 Å². The van der Waals surface area contributed by atoms with E-state index in [0.29, 0.717) is 6.61 Å². The Morgan fingerprint density at radius 3 is 2.29 bits per heavy atom. The van der Waals surface area contributed by atoms with Crippen LogP contribution in [0.5, 0.6) is 5.75 Å². The Labute approximate surface area is 103 Å². The summed E-state index contributed by atoms with van der Waals surface area (Å²) in [6.07, 6.45) is -0.641. The summed E-state index contributed by atoms with van der Waals surface area (Å²) < 4.78 is 5.34. The monoisotopic (exact) mass is 233 g/mol. The molecule has 3 nitrogen and oxygen atoms in total. The van der Waals surface area contributed by atoms with Gasteiger partial charge in [0.2, 0.25) is 0 Å². The predicted molar refractivity (Wildman–Crippen MR) is 66.8 cm³/mol. The van der Waals surface area contributed by atoms with Crippen LogP contribution in [0.1, 0.15) is 32.3 Å². The van der Waals surface area contributed by atoms with Crippen molar-refractivity contribution in [2.24, 2.45) is 5.92 Å². The van der Waals surface area contributed by atoms with E-state index < -0.39 is 12.0 Å². The molecule has 0 amide bonds. The van der Waals surface area contributed by atoms with Crippen LogP contribution in [0.15, 0.2) is 24.3 Å². The second-order valence-corrected chi connectivity index (χ2v) is 4.34. The first-order valence-electron chi connectivity index (χ1n) is 5.90. The highest BCUT2D eigenvalue weighted by Crippen LogP contribution is 2.25. The molecule has 0 saturated heterocycles. The second kappa shape index (κ2) is 6.27. The molecular weight excluding hydrogens is 214 g/mol. The average Bonchev–Trinajstić information content (AvgIpc) is 2.32.